The van der Waals surface area contributed by atoms with E-state index in [1.165, 1.54) is 4.70 Å². The number of carbonyl (C=O) groups excluding carboxylic acids is 1. The van der Waals surface area contributed by atoms with E-state index in [4.69, 9.17) is 0 Å². The third kappa shape index (κ3) is 1.95. The second-order valence-electron chi connectivity index (χ2n) is 4.63. The first-order valence-electron chi connectivity index (χ1n) is 6.14. The number of nitrogens with zero attached hydrogens (tertiary/aromatic N) is 2. The number of hydrogen-bond donors (Lipinski definition) is 1. The van der Waals surface area contributed by atoms with E-state index in [0.29, 0.717) is 0 Å². The van der Waals surface area contributed by atoms with Gasteiger partial charge in [0.2, 0.25) is 10.7 Å². The zero-order chi connectivity index (χ0) is 12.5. The largest absolute Gasteiger partial charge is 0.318 e. The molecule has 1 aromatic heterocycles. The van der Waals surface area contributed by atoms with E-state index in [0.717, 1.165) is 29.6 Å². The fraction of sp³-hybridized carbons (Fsp3) is 0.385. The molecule has 1 fully saturated rings. The Morgan fingerprint density at radius 2 is 2.22 bits per heavy atom. The van der Waals surface area contributed by atoms with Gasteiger partial charge in [0.1, 0.15) is 0 Å². The molecule has 1 aliphatic rings. The van der Waals surface area contributed by atoms with Crippen LogP contribution in [0.3, 0.4) is 0 Å². The van der Waals surface area contributed by atoms with Crippen molar-refractivity contribution < 1.29 is 4.79 Å². The summed E-state index contributed by atoms with van der Waals surface area (Å²) in [7, 11) is 1.97. The van der Waals surface area contributed by atoms with Gasteiger partial charge in [0.25, 0.3) is 0 Å². The third-order valence-electron chi connectivity index (χ3n) is 3.45. The smallest absolute Gasteiger partial charge is 0.243 e. The number of carbonyl (C=O) groups is 1. The predicted molar refractivity (Wildman–Crippen MR) is 71.8 cm³/mol. The van der Waals surface area contributed by atoms with Crippen molar-refractivity contribution in [3.8, 4) is 0 Å². The zero-order valence-corrected chi connectivity index (χ0v) is 11.0. The molecule has 0 aliphatic heterocycles. The summed E-state index contributed by atoms with van der Waals surface area (Å²) < 4.78 is 3.18. The standard InChI is InChI=1S/C13H15N3OS/c1-16-10-7-2-3-8-11(10)18-13(16)15-14-12(17)9-5-4-6-9/h2-3,7-9H,4-6H2,1H3,(H,14,17). The maximum Gasteiger partial charge on any atom is 0.243 e. The van der Waals surface area contributed by atoms with E-state index < -0.39 is 0 Å². The van der Waals surface area contributed by atoms with Gasteiger partial charge in [-0.05, 0) is 25.0 Å². The van der Waals surface area contributed by atoms with Crippen molar-refractivity contribution in [2.24, 2.45) is 18.1 Å². The molecule has 5 heteroatoms. The lowest BCUT2D eigenvalue weighted by atomic mass is 9.85. The molecule has 2 aromatic rings. The van der Waals surface area contributed by atoms with E-state index in [1.54, 1.807) is 11.3 Å². The first-order chi connectivity index (χ1) is 8.75. The van der Waals surface area contributed by atoms with E-state index in [2.05, 4.69) is 22.7 Å². The third-order valence-corrected chi connectivity index (χ3v) is 4.57. The van der Waals surface area contributed by atoms with Gasteiger partial charge in [-0.2, -0.15) is 0 Å². The number of thiazole rings is 1. The van der Waals surface area contributed by atoms with Crippen molar-refractivity contribution in [3.05, 3.63) is 29.1 Å². The van der Waals surface area contributed by atoms with Crippen molar-refractivity contribution >= 4 is 27.5 Å². The van der Waals surface area contributed by atoms with Crippen LogP contribution in [0.4, 0.5) is 0 Å². The molecular formula is C13H15N3OS. The molecule has 94 valence electrons. The molecule has 1 aromatic carbocycles. The van der Waals surface area contributed by atoms with Crippen LogP contribution in [-0.2, 0) is 11.8 Å². The minimum Gasteiger partial charge on any atom is -0.318 e. The van der Waals surface area contributed by atoms with Gasteiger partial charge in [0.15, 0.2) is 0 Å². The quantitative estimate of drug-likeness (QED) is 0.825. The molecule has 1 saturated carbocycles. The van der Waals surface area contributed by atoms with Crippen molar-refractivity contribution in [2.45, 2.75) is 19.3 Å². The van der Waals surface area contributed by atoms with Crippen LogP contribution in [0.5, 0.6) is 0 Å². The van der Waals surface area contributed by atoms with Gasteiger partial charge >= 0.3 is 0 Å². The molecule has 0 atom stereocenters. The van der Waals surface area contributed by atoms with Crippen molar-refractivity contribution in [1.29, 1.82) is 0 Å². The minimum absolute atomic E-state index is 0.0544. The topological polar surface area (TPSA) is 46.4 Å². The number of para-hydroxylation sites is 1. The molecule has 1 N–H and O–H groups in total. The number of nitrogens with one attached hydrogen (secondary N) is 1. The molecule has 0 unspecified atom stereocenters. The summed E-state index contributed by atoms with van der Waals surface area (Å²) in [6, 6.07) is 8.13. The van der Waals surface area contributed by atoms with Crippen LogP contribution in [0.2, 0.25) is 0 Å². The Bertz CT molecular complexity index is 652. The van der Waals surface area contributed by atoms with Crippen LogP contribution in [0.15, 0.2) is 29.4 Å². The highest BCUT2D eigenvalue weighted by molar-refractivity contribution is 7.16. The van der Waals surface area contributed by atoms with Gasteiger partial charge in [-0.25, -0.2) is 5.43 Å². The van der Waals surface area contributed by atoms with Gasteiger partial charge in [-0.15, -0.1) is 5.10 Å². The molecule has 0 spiro atoms. The highest BCUT2D eigenvalue weighted by Gasteiger charge is 2.24. The fourth-order valence-corrected chi connectivity index (χ4v) is 3.03. The molecular weight excluding hydrogens is 246 g/mol. The lowest BCUT2D eigenvalue weighted by Crippen LogP contribution is -2.33. The van der Waals surface area contributed by atoms with Crippen LogP contribution in [-0.4, -0.2) is 10.5 Å². The number of aryl methyl sites for hydroxylation is 1. The summed E-state index contributed by atoms with van der Waals surface area (Å²) in [5.74, 6) is 0.229. The van der Waals surface area contributed by atoms with Crippen LogP contribution in [0.25, 0.3) is 10.2 Å². The average Bonchev–Trinajstić information content (AvgIpc) is 2.62. The molecule has 1 amide bonds. The highest BCUT2D eigenvalue weighted by Crippen LogP contribution is 2.26. The highest BCUT2D eigenvalue weighted by atomic mass is 32.1. The second-order valence-corrected chi connectivity index (χ2v) is 5.64. The van der Waals surface area contributed by atoms with Gasteiger partial charge in [0, 0.05) is 13.0 Å². The molecule has 3 rings (SSSR count). The fourth-order valence-electron chi connectivity index (χ4n) is 2.05. The van der Waals surface area contributed by atoms with Crippen molar-refractivity contribution in [3.63, 3.8) is 0 Å². The van der Waals surface area contributed by atoms with E-state index in [1.807, 2.05) is 23.7 Å². The van der Waals surface area contributed by atoms with Crippen LogP contribution in [0.1, 0.15) is 19.3 Å². The number of hydrogen-bond acceptors (Lipinski definition) is 3. The molecule has 0 radical (unpaired) electrons. The van der Waals surface area contributed by atoms with E-state index in [-0.39, 0.29) is 11.8 Å². The van der Waals surface area contributed by atoms with Gasteiger partial charge < -0.3 is 4.57 Å². The Morgan fingerprint density at radius 3 is 2.89 bits per heavy atom. The van der Waals surface area contributed by atoms with Gasteiger partial charge in [-0.1, -0.05) is 29.9 Å². The Kier molecular flexibility index (Phi) is 2.91. The summed E-state index contributed by atoms with van der Waals surface area (Å²) in [5.41, 5.74) is 3.82. The number of rotatable bonds is 2. The molecule has 4 nitrogen and oxygen atoms in total. The Morgan fingerprint density at radius 1 is 1.44 bits per heavy atom. The predicted octanol–water partition coefficient (Wildman–Crippen LogP) is 1.97. The number of amides is 1. The monoisotopic (exact) mass is 261 g/mol. The minimum atomic E-state index is 0.0544. The lowest BCUT2D eigenvalue weighted by molar-refractivity contribution is -0.127. The average molecular weight is 261 g/mol. The Labute approximate surface area is 109 Å². The summed E-state index contributed by atoms with van der Waals surface area (Å²) in [6.45, 7) is 0. The normalized spacial score (nSPS) is 16.8. The first-order valence-corrected chi connectivity index (χ1v) is 6.95. The summed E-state index contributed by atoms with van der Waals surface area (Å²) in [5, 5.41) is 4.23. The maximum atomic E-state index is 11.7. The molecule has 18 heavy (non-hydrogen) atoms. The van der Waals surface area contributed by atoms with E-state index in [9.17, 15) is 4.79 Å². The molecule has 1 aliphatic carbocycles. The zero-order valence-electron chi connectivity index (χ0n) is 10.2. The lowest BCUT2D eigenvalue weighted by Gasteiger charge is -2.22. The number of aromatic nitrogens is 1. The van der Waals surface area contributed by atoms with Crippen molar-refractivity contribution in [1.82, 2.24) is 9.99 Å². The van der Waals surface area contributed by atoms with Gasteiger partial charge in [0.05, 0.1) is 10.2 Å². The van der Waals surface area contributed by atoms with Crippen LogP contribution >= 0.6 is 11.3 Å². The van der Waals surface area contributed by atoms with E-state index >= 15 is 0 Å². The SMILES string of the molecule is Cn1c(=NNC(=O)C2CCC2)sc2ccccc21. The van der Waals surface area contributed by atoms with Crippen molar-refractivity contribution in [2.75, 3.05) is 0 Å². The molecule has 0 bridgehead atoms. The van der Waals surface area contributed by atoms with Crippen LogP contribution < -0.4 is 10.2 Å². The van der Waals surface area contributed by atoms with Crippen LogP contribution in [0, 0.1) is 5.92 Å². The summed E-state index contributed by atoms with van der Waals surface area (Å²) in [6.07, 6.45) is 3.16. The summed E-state index contributed by atoms with van der Waals surface area (Å²) >= 11 is 1.58. The summed E-state index contributed by atoms with van der Waals surface area (Å²) in [4.78, 5) is 12.5. The maximum absolute atomic E-state index is 11.7. The van der Waals surface area contributed by atoms with Gasteiger partial charge in [-0.3, -0.25) is 4.79 Å². The molecule has 0 saturated heterocycles. The second kappa shape index (κ2) is 4.57. The first kappa shape index (κ1) is 11.5. The Hall–Kier alpha value is -1.62. The number of fused-ring (bicyclic) bond motifs is 1. The molecule has 1 heterocycles. The number of benzene rings is 1. The Balaban J connectivity index is 1.89.